The third-order valence-electron chi connectivity index (χ3n) is 2.04. The van der Waals surface area contributed by atoms with Crippen molar-refractivity contribution in [3.05, 3.63) is 0 Å². The van der Waals surface area contributed by atoms with Crippen molar-refractivity contribution in [3.8, 4) is 0 Å². The predicted molar refractivity (Wildman–Crippen MR) is 56.9 cm³/mol. The summed E-state index contributed by atoms with van der Waals surface area (Å²) in [6, 6.07) is -0.315. The summed E-state index contributed by atoms with van der Waals surface area (Å²) in [5, 5.41) is 2.76. The summed E-state index contributed by atoms with van der Waals surface area (Å²) in [4.78, 5) is 22.6. The van der Waals surface area contributed by atoms with Crippen LogP contribution in [0.3, 0.4) is 0 Å². The topological polar surface area (TPSA) is 46.2 Å². The highest BCUT2D eigenvalue weighted by atomic mass is 16.2. The van der Waals surface area contributed by atoms with Gasteiger partial charge in [-0.2, -0.15) is 0 Å². The first-order valence-corrected chi connectivity index (χ1v) is 5.15. The van der Waals surface area contributed by atoms with Crippen molar-refractivity contribution in [3.63, 3.8) is 0 Å². The van der Waals surface area contributed by atoms with Gasteiger partial charge in [-0.15, -0.1) is 0 Å². The van der Waals surface area contributed by atoms with Gasteiger partial charge in [-0.3, -0.25) is 9.59 Å². The first kappa shape index (κ1) is 13.1. The largest absolute Gasteiger partial charge is 0.346 e. The Morgan fingerprint density at radius 1 is 1.14 bits per heavy atom. The molecule has 0 aromatic heterocycles. The highest BCUT2D eigenvalue weighted by Crippen LogP contribution is 2.06. The van der Waals surface area contributed by atoms with Crippen molar-refractivity contribution in [1.82, 2.24) is 5.32 Å². The predicted octanol–water partition coefficient (Wildman–Crippen LogP) is 1.76. The van der Waals surface area contributed by atoms with E-state index in [2.05, 4.69) is 5.32 Å². The van der Waals surface area contributed by atoms with Crippen LogP contribution in [-0.4, -0.2) is 17.7 Å². The van der Waals surface area contributed by atoms with Gasteiger partial charge in [0, 0.05) is 5.92 Å². The molecule has 0 rings (SSSR count). The van der Waals surface area contributed by atoms with E-state index >= 15 is 0 Å². The average molecular weight is 199 g/mol. The third-order valence-corrected chi connectivity index (χ3v) is 2.04. The molecule has 0 aliphatic heterocycles. The standard InChI is InChI=1S/C11H21NO2/c1-7(2)6-10(9(5)13)12-11(14)8(3)4/h7-8,10H,6H2,1-5H3,(H,12,14)/t10-/m0/s1. The summed E-state index contributed by atoms with van der Waals surface area (Å²) in [5.41, 5.74) is 0. The average Bonchev–Trinajstić information content (AvgIpc) is 2.01. The second kappa shape index (κ2) is 5.78. The molecule has 0 bridgehead atoms. The van der Waals surface area contributed by atoms with Crippen molar-refractivity contribution in [1.29, 1.82) is 0 Å². The Morgan fingerprint density at radius 3 is 1.93 bits per heavy atom. The van der Waals surface area contributed by atoms with Crippen LogP contribution in [0.25, 0.3) is 0 Å². The maximum absolute atomic E-state index is 11.4. The van der Waals surface area contributed by atoms with Gasteiger partial charge in [0.2, 0.25) is 5.91 Å². The molecule has 0 radical (unpaired) electrons. The zero-order valence-electron chi connectivity index (χ0n) is 9.76. The molecule has 0 heterocycles. The van der Waals surface area contributed by atoms with Gasteiger partial charge in [0.1, 0.15) is 0 Å². The van der Waals surface area contributed by atoms with Gasteiger partial charge in [0.25, 0.3) is 0 Å². The normalized spacial score (nSPS) is 13.1. The van der Waals surface area contributed by atoms with Crippen LogP contribution in [0.15, 0.2) is 0 Å². The lowest BCUT2D eigenvalue weighted by atomic mass is 10.0. The molecule has 3 heteroatoms. The SMILES string of the molecule is CC(=O)[C@H](CC(C)C)NC(=O)C(C)C. The molecule has 1 atom stereocenters. The monoisotopic (exact) mass is 199 g/mol. The van der Waals surface area contributed by atoms with E-state index in [9.17, 15) is 9.59 Å². The van der Waals surface area contributed by atoms with Crippen LogP contribution in [0, 0.1) is 11.8 Å². The first-order chi connectivity index (χ1) is 6.34. The van der Waals surface area contributed by atoms with Crippen molar-refractivity contribution >= 4 is 11.7 Å². The van der Waals surface area contributed by atoms with E-state index in [1.807, 2.05) is 27.7 Å². The summed E-state index contributed by atoms with van der Waals surface area (Å²) < 4.78 is 0. The maximum atomic E-state index is 11.4. The fraction of sp³-hybridized carbons (Fsp3) is 0.818. The van der Waals surface area contributed by atoms with E-state index in [4.69, 9.17) is 0 Å². The van der Waals surface area contributed by atoms with Crippen LogP contribution in [0.1, 0.15) is 41.0 Å². The molecule has 0 aromatic carbocycles. The quantitative estimate of drug-likeness (QED) is 0.733. The minimum Gasteiger partial charge on any atom is -0.346 e. The Hall–Kier alpha value is -0.860. The number of hydrogen-bond acceptors (Lipinski definition) is 2. The molecule has 0 saturated carbocycles. The molecular weight excluding hydrogens is 178 g/mol. The van der Waals surface area contributed by atoms with Gasteiger partial charge in [-0.05, 0) is 19.3 Å². The molecule has 0 saturated heterocycles. The van der Waals surface area contributed by atoms with Crippen molar-refractivity contribution in [2.75, 3.05) is 0 Å². The lowest BCUT2D eigenvalue weighted by molar-refractivity contribution is -0.129. The molecule has 1 N–H and O–H groups in total. The van der Waals surface area contributed by atoms with Crippen LogP contribution in [-0.2, 0) is 9.59 Å². The molecule has 0 spiro atoms. The fourth-order valence-electron chi connectivity index (χ4n) is 1.14. The van der Waals surface area contributed by atoms with E-state index in [0.29, 0.717) is 12.3 Å². The Kier molecular flexibility index (Phi) is 5.43. The summed E-state index contributed by atoms with van der Waals surface area (Å²) >= 11 is 0. The Balaban J connectivity index is 4.23. The molecule has 82 valence electrons. The summed E-state index contributed by atoms with van der Waals surface area (Å²) in [7, 11) is 0. The van der Waals surface area contributed by atoms with E-state index in [0.717, 1.165) is 0 Å². The van der Waals surface area contributed by atoms with E-state index in [1.54, 1.807) is 0 Å². The van der Waals surface area contributed by atoms with Crippen molar-refractivity contribution in [2.45, 2.75) is 47.1 Å². The van der Waals surface area contributed by atoms with Crippen molar-refractivity contribution in [2.24, 2.45) is 11.8 Å². The second-order valence-corrected chi connectivity index (χ2v) is 4.46. The lowest BCUT2D eigenvalue weighted by Crippen LogP contribution is -2.42. The molecule has 0 aliphatic carbocycles. The number of carbonyl (C=O) groups is 2. The summed E-state index contributed by atoms with van der Waals surface area (Å²) in [6.45, 7) is 9.24. The number of amides is 1. The van der Waals surface area contributed by atoms with Crippen LogP contribution in [0.5, 0.6) is 0 Å². The summed E-state index contributed by atoms with van der Waals surface area (Å²) in [5.74, 6) is 0.332. The molecule has 0 unspecified atom stereocenters. The van der Waals surface area contributed by atoms with Crippen LogP contribution < -0.4 is 5.32 Å². The minimum absolute atomic E-state index is 0.0349. The second-order valence-electron chi connectivity index (χ2n) is 4.46. The smallest absolute Gasteiger partial charge is 0.223 e. The van der Waals surface area contributed by atoms with E-state index in [-0.39, 0.29) is 23.7 Å². The minimum atomic E-state index is -0.315. The van der Waals surface area contributed by atoms with Gasteiger partial charge in [-0.1, -0.05) is 27.7 Å². The molecule has 0 aromatic rings. The molecule has 3 nitrogen and oxygen atoms in total. The van der Waals surface area contributed by atoms with Gasteiger partial charge >= 0.3 is 0 Å². The molecule has 0 fully saturated rings. The zero-order valence-corrected chi connectivity index (χ0v) is 9.76. The van der Waals surface area contributed by atoms with Gasteiger partial charge in [0.15, 0.2) is 5.78 Å². The highest BCUT2D eigenvalue weighted by molar-refractivity contribution is 5.88. The van der Waals surface area contributed by atoms with Crippen LogP contribution in [0.4, 0.5) is 0 Å². The van der Waals surface area contributed by atoms with E-state index < -0.39 is 0 Å². The van der Waals surface area contributed by atoms with E-state index in [1.165, 1.54) is 6.92 Å². The highest BCUT2D eigenvalue weighted by Gasteiger charge is 2.19. The molecule has 1 amide bonds. The Bertz CT molecular complexity index is 209. The lowest BCUT2D eigenvalue weighted by Gasteiger charge is -2.19. The van der Waals surface area contributed by atoms with Crippen molar-refractivity contribution < 1.29 is 9.59 Å². The number of ketones is 1. The number of carbonyl (C=O) groups excluding carboxylic acids is 2. The number of nitrogens with one attached hydrogen (secondary N) is 1. The molecule has 14 heavy (non-hydrogen) atoms. The molecular formula is C11H21NO2. The molecule has 0 aliphatic rings. The van der Waals surface area contributed by atoms with Gasteiger partial charge in [0.05, 0.1) is 6.04 Å². The number of rotatable bonds is 5. The number of hydrogen-bond donors (Lipinski definition) is 1. The van der Waals surface area contributed by atoms with Crippen LogP contribution in [0.2, 0.25) is 0 Å². The first-order valence-electron chi connectivity index (χ1n) is 5.15. The fourth-order valence-corrected chi connectivity index (χ4v) is 1.14. The van der Waals surface area contributed by atoms with Gasteiger partial charge < -0.3 is 5.32 Å². The zero-order chi connectivity index (χ0) is 11.3. The Morgan fingerprint density at radius 2 is 1.64 bits per heavy atom. The Labute approximate surface area is 86.3 Å². The third kappa shape index (κ3) is 5.00. The van der Waals surface area contributed by atoms with Crippen LogP contribution >= 0.6 is 0 Å². The van der Waals surface area contributed by atoms with Gasteiger partial charge in [-0.25, -0.2) is 0 Å². The summed E-state index contributed by atoms with van der Waals surface area (Å²) in [6.07, 6.45) is 0.716. The maximum Gasteiger partial charge on any atom is 0.223 e. The number of Topliss-reactive ketones (excluding diaryl/α,β-unsaturated/α-hetero) is 1.